The zero-order valence-electron chi connectivity index (χ0n) is 8.55. The van der Waals surface area contributed by atoms with Crippen molar-refractivity contribution >= 4 is 0 Å². The second-order valence-electron chi connectivity index (χ2n) is 4.90. The van der Waals surface area contributed by atoms with Gasteiger partial charge in [-0.1, -0.05) is 12.8 Å². The molecule has 2 atom stereocenters. The van der Waals surface area contributed by atoms with Gasteiger partial charge in [0.1, 0.15) is 0 Å². The SMILES string of the molecule is CC(O)(C1CCCC1)C1CCNC1. The summed E-state index contributed by atoms with van der Waals surface area (Å²) < 4.78 is 0. The van der Waals surface area contributed by atoms with Gasteiger partial charge in [-0.15, -0.1) is 0 Å². The first-order valence-corrected chi connectivity index (χ1v) is 5.64. The van der Waals surface area contributed by atoms with Crippen LogP contribution < -0.4 is 5.32 Å². The molecule has 13 heavy (non-hydrogen) atoms. The first-order valence-electron chi connectivity index (χ1n) is 5.64. The van der Waals surface area contributed by atoms with Crippen molar-refractivity contribution in [3.63, 3.8) is 0 Å². The van der Waals surface area contributed by atoms with Crippen LogP contribution in [0.2, 0.25) is 0 Å². The zero-order valence-corrected chi connectivity index (χ0v) is 8.55. The van der Waals surface area contributed by atoms with Crippen molar-refractivity contribution in [1.82, 2.24) is 5.32 Å². The minimum Gasteiger partial charge on any atom is -0.390 e. The van der Waals surface area contributed by atoms with Gasteiger partial charge in [0.2, 0.25) is 0 Å². The number of nitrogens with one attached hydrogen (secondary N) is 1. The van der Waals surface area contributed by atoms with Crippen LogP contribution in [-0.2, 0) is 0 Å². The van der Waals surface area contributed by atoms with Crippen LogP contribution in [0.3, 0.4) is 0 Å². The first kappa shape index (κ1) is 9.47. The van der Waals surface area contributed by atoms with Gasteiger partial charge in [0, 0.05) is 12.5 Å². The Bertz CT molecular complexity index is 149. The third kappa shape index (κ3) is 1.75. The van der Waals surface area contributed by atoms with Crippen LogP contribution in [-0.4, -0.2) is 23.8 Å². The van der Waals surface area contributed by atoms with E-state index in [9.17, 15) is 5.11 Å². The molecule has 1 saturated heterocycles. The summed E-state index contributed by atoms with van der Waals surface area (Å²) in [6, 6.07) is 0. The summed E-state index contributed by atoms with van der Waals surface area (Å²) in [7, 11) is 0. The fraction of sp³-hybridized carbons (Fsp3) is 1.00. The molecule has 0 bridgehead atoms. The molecule has 2 heteroatoms. The van der Waals surface area contributed by atoms with E-state index in [0.717, 1.165) is 19.5 Å². The molecule has 0 radical (unpaired) electrons. The maximum Gasteiger partial charge on any atom is 0.0688 e. The Kier molecular flexibility index (Phi) is 2.61. The molecule has 0 aromatic rings. The van der Waals surface area contributed by atoms with Crippen LogP contribution in [0.1, 0.15) is 39.0 Å². The number of aliphatic hydroxyl groups is 1. The van der Waals surface area contributed by atoms with Crippen molar-refractivity contribution in [3.05, 3.63) is 0 Å². The molecule has 0 spiro atoms. The molecular formula is C11H21NO. The minimum absolute atomic E-state index is 0.403. The Morgan fingerprint density at radius 1 is 1.15 bits per heavy atom. The second-order valence-corrected chi connectivity index (χ2v) is 4.90. The van der Waals surface area contributed by atoms with Gasteiger partial charge in [-0.2, -0.15) is 0 Å². The summed E-state index contributed by atoms with van der Waals surface area (Å²) in [5.74, 6) is 1.06. The van der Waals surface area contributed by atoms with Crippen LogP contribution >= 0.6 is 0 Å². The van der Waals surface area contributed by atoms with Gasteiger partial charge in [-0.25, -0.2) is 0 Å². The van der Waals surface area contributed by atoms with E-state index in [0.29, 0.717) is 11.8 Å². The highest BCUT2D eigenvalue weighted by atomic mass is 16.3. The van der Waals surface area contributed by atoms with Gasteiger partial charge >= 0.3 is 0 Å². The smallest absolute Gasteiger partial charge is 0.0688 e. The molecule has 0 aromatic heterocycles. The molecule has 1 aliphatic carbocycles. The predicted octanol–water partition coefficient (Wildman–Crippen LogP) is 1.54. The molecule has 1 heterocycles. The fourth-order valence-corrected chi connectivity index (χ4v) is 3.00. The maximum atomic E-state index is 10.5. The van der Waals surface area contributed by atoms with E-state index >= 15 is 0 Å². The molecule has 2 unspecified atom stereocenters. The van der Waals surface area contributed by atoms with Crippen LogP contribution in [0.25, 0.3) is 0 Å². The molecule has 2 aliphatic rings. The lowest BCUT2D eigenvalue weighted by molar-refractivity contribution is -0.0451. The molecule has 2 nitrogen and oxygen atoms in total. The van der Waals surface area contributed by atoms with E-state index in [1.165, 1.54) is 25.7 Å². The van der Waals surface area contributed by atoms with Crippen LogP contribution in [0, 0.1) is 11.8 Å². The normalized spacial score (nSPS) is 35.1. The van der Waals surface area contributed by atoms with Gasteiger partial charge < -0.3 is 10.4 Å². The van der Waals surface area contributed by atoms with E-state index in [2.05, 4.69) is 12.2 Å². The van der Waals surface area contributed by atoms with Crippen molar-refractivity contribution in [1.29, 1.82) is 0 Å². The van der Waals surface area contributed by atoms with E-state index < -0.39 is 5.60 Å². The summed E-state index contributed by atoms with van der Waals surface area (Å²) >= 11 is 0. The number of hydrogen-bond acceptors (Lipinski definition) is 2. The van der Waals surface area contributed by atoms with Crippen molar-refractivity contribution < 1.29 is 5.11 Å². The monoisotopic (exact) mass is 183 g/mol. The summed E-state index contributed by atoms with van der Waals surface area (Å²) in [6.45, 7) is 4.16. The van der Waals surface area contributed by atoms with Crippen molar-refractivity contribution in [2.75, 3.05) is 13.1 Å². The molecule has 0 amide bonds. The Morgan fingerprint density at radius 3 is 2.38 bits per heavy atom. The summed E-state index contributed by atoms with van der Waals surface area (Å²) in [6.07, 6.45) is 6.28. The lowest BCUT2D eigenvalue weighted by Gasteiger charge is -2.35. The minimum atomic E-state index is -0.403. The number of rotatable bonds is 2. The lowest BCUT2D eigenvalue weighted by atomic mass is 9.77. The van der Waals surface area contributed by atoms with Crippen LogP contribution in [0.4, 0.5) is 0 Å². The standard InChI is InChI=1S/C11H21NO/c1-11(13,9-4-2-3-5-9)10-6-7-12-8-10/h9-10,12-13H,2-8H2,1H3. The molecule has 2 rings (SSSR count). The first-order chi connectivity index (χ1) is 6.21. The van der Waals surface area contributed by atoms with Crippen molar-refractivity contribution in [3.8, 4) is 0 Å². The Balaban J connectivity index is 1.99. The molecular weight excluding hydrogens is 162 g/mol. The zero-order chi connectivity index (χ0) is 9.31. The molecule has 1 saturated carbocycles. The van der Waals surface area contributed by atoms with Crippen molar-refractivity contribution in [2.45, 2.75) is 44.6 Å². The van der Waals surface area contributed by atoms with Gasteiger partial charge in [-0.3, -0.25) is 0 Å². The quantitative estimate of drug-likeness (QED) is 0.680. The van der Waals surface area contributed by atoms with E-state index in [1.807, 2.05) is 0 Å². The fourth-order valence-electron chi connectivity index (χ4n) is 3.00. The maximum absolute atomic E-state index is 10.5. The van der Waals surface area contributed by atoms with Crippen LogP contribution in [0.15, 0.2) is 0 Å². The van der Waals surface area contributed by atoms with Crippen molar-refractivity contribution in [2.24, 2.45) is 11.8 Å². The summed E-state index contributed by atoms with van der Waals surface area (Å²) in [5.41, 5.74) is -0.403. The highest BCUT2D eigenvalue weighted by Crippen LogP contribution is 2.39. The second kappa shape index (κ2) is 3.58. The van der Waals surface area contributed by atoms with Gasteiger partial charge in [0.05, 0.1) is 5.60 Å². The third-order valence-electron chi connectivity index (χ3n) is 4.07. The number of hydrogen-bond donors (Lipinski definition) is 2. The average Bonchev–Trinajstić information content (AvgIpc) is 2.78. The van der Waals surface area contributed by atoms with Gasteiger partial charge in [0.25, 0.3) is 0 Å². The average molecular weight is 183 g/mol. The highest BCUT2D eigenvalue weighted by Gasteiger charge is 2.41. The Morgan fingerprint density at radius 2 is 1.85 bits per heavy atom. The third-order valence-corrected chi connectivity index (χ3v) is 4.07. The van der Waals surface area contributed by atoms with Gasteiger partial charge in [-0.05, 0) is 38.6 Å². The largest absolute Gasteiger partial charge is 0.390 e. The van der Waals surface area contributed by atoms with Crippen LogP contribution in [0.5, 0.6) is 0 Å². The summed E-state index contributed by atoms with van der Waals surface area (Å²) in [5, 5.41) is 13.8. The lowest BCUT2D eigenvalue weighted by Crippen LogP contribution is -2.42. The van der Waals surface area contributed by atoms with E-state index in [4.69, 9.17) is 0 Å². The Hall–Kier alpha value is -0.0800. The van der Waals surface area contributed by atoms with E-state index in [1.54, 1.807) is 0 Å². The predicted molar refractivity (Wildman–Crippen MR) is 53.6 cm³/mol. The Labute approximate surface area is 80.7 Å². The molecule has 2 fully saturated rings. The topological polar surface area (TPSA) is 32.3 Å². The molecule has 0 aromatic carbocycles. The molecule has 2 N–H and O–H groups in total. The van der Waals surface area contributed by atoms with E-state index in [-0.39, 0.29) is 0 Å². The van der Waals surface area contributed by atoms with Gasteiger partial charge in [0.15, 0.2) is 0 Å². The highest BCUT2D eigenvalue weighted by molar-refractivity contribution is 4.94. The summed E-state index contributed by atoms with van der Waals surface area (Å²) in [4.78, 5) is 0. The molecule has 76 valence electrons. The molecule has 1 aliphatic heterocycles.